The van der Waals surface area contributed by atoms with Crippen molar-refractivity contribution in [2.24, 2.45) is 33.8 Å². The summed E-state index contributed by atoms with van der Waals surface area (Å²) in [5.41, 5.74) is 6.50. The number of carbonyl (C=O) groups is 1. The zero-order valence-electron chi connectivity index (χ0n) is 19.0. The Morgan fingerprint density at radius 3 is 2.52 bits per heavy atom. The van der Waals surface area contributed by atoms with E-state index in [2.05, 4.69) is 45.0 Å². The number of carbonyl (C=O) groups excluding carboxylic acids is 1. The molecule has 6 rings (SSSR count). The number of alkyl halides is 2. The molecule has 4 aliphatic carbocycles. The monoisotopic (exact) mass is 430 g/mol. The number of nitrogens with two attached hydrogens (primary N) is 1. The summed E-state index contributed by atoms with van der Waals surface area (Å²) in [5.74, 6) is 0.426. The van der Waals surface area contributed by atoms with Gasteiger partial charge in [-0.3, -0.25) is 4.79 Å². The van der Waals surface area contributed by atoms with E-state index < -0.39 is 17.3 Å². The van der Waals surface area contributed by atoms with Crippen LogP contribution in [0.4, 0.5) is 8.78 Å². The van der Waals surface area contributed by atoms with Gasteiger partial charge in [-0.2, -0.15) is 0 Å². The lowest BCUT2D eigenvalue weighted by molar-refractivity contribution is -0.148. The van der Waals surface area contributed by atoms with Crippen LogP contribution in [0.3, 0.4) is 0 Å². The van der Waals surface area contributed by atoms with Gasteiger partial charge in [-0.1, -0.05) is 51.1 Å². The molecule has 1 aromatic carbocycles. The van der Waals surface area contributed by atoms with E-state index in [1.54, 1.807) is 0 Å². The van der Waals surface area contributed by atoms with Crippen LogP contribution in [0.5, 0.6) is 0 Å². The Morgan fingerprint density at radius 1 is 1.16 bits per heavy atom. The van der Waals surface area contributed by atoms with Crippen molar-refractivity contribution in [3.05, 3.63) is 35.9 Å². The number of benzene rings is 1. The molecule has 4 bridgehead atoms. The van der Waals surface area contributed by atoms with Crippen LogP contribution in [0.2, 0.25) is 0 Å². The van der Waals surface area contributed by atoms with Crippen LogP contribution in [0, 0.1) is 28.1 Å². The number of hydrogen-bond donors (Lipinski definition) is 1. The fourth-order valence-corrected chi connectivity index (χ4v) is 8.30. The Hall–Kier alpha value is -1.49. The first-order chi connectivity index (χ1) is 14.5. The largest absolute Gasteiger partial charge is 0.342 e. The highest BCUT2D eigenvalue weighted by atomic mass is 19.3. The van der Waals surface area contributed by atoms with Crippen molar-refractivity contribution in [2.75, 3.05) is 13.1 Å². The molecule has 1 aromatic rings. The quantitative estimate of drug-likeness (QED) is 0.731. The first-order valence-corrected chi connectivity index (χ1v) is 11.9. The first kappa shape index (κ1) is 21.4. The highest BCUT2D eigenvalue weighted by Gasteiger charge is 2.75. The predicted octanol–water partition coefficient (Wildman–Crippen LogP) is 4.99. The normalized spacial score (nSPS) is 43.1. The number of halogens is 2. The zero-order chi connectivity index (χ0) is 22.2. The lowest BCUT2D eigenvalue weighted by Gasteiger charge is -2.48. The molecule has 1 amide bonds. The Balaban J connectivity index is 1.54. The molecule has 1 heterocycles. The molecule has 6 atom stereocenters. The van der Waals surface area contributed by atoms with E-state index in [0.29, 0.717) is 13.1 Å². The first-order valence-electron chi connectivity index (χ1n) is 11.9. The molecule has 0 aromatic heterocycles. The lowest BCUT2D eigenvalue weighted by Crippen LogP contribution is -2.57. The topological polar surface area (TPSA) is 46.3 Å². The van der Waals surface area contributed by atoms with Crippen molar-refractivity contribution >= 4 is 5.91 Å². The Kier molecular flexibility index (Phi) is 4.66. The van der Waals surface area contributed by atoms with Gasteiger partial charge in [-0.25, -0.2) is 8.78 Å². The number of piperidine rings is 1. The number of likely N-dealkylation sites (tertiary alicyclic amines) is 1. The zero-order valence-corrected chi connectivity index (χ0v) is 19.0. The highest BCUT2D eigenvalue weighted by molar-refractivity contribution is 5.85. The number of nitrogens with zero attached hydrogens (tertiary/aromatic N) is 1. The lowest BCUT2D eigenvalue weighted by atomic mass is 9.57. The van der Waals surface area contributed by atoms with Crippen LogP contribution in [-0.2, 0) is 10.2 Å². The van der Waals surface area contributed by atoms with E-state index in [9.17, 15) is 13.6 Å². The summed E-state index contributed by atoms with van der Waals surface area (Å²) in [6.45, 7) is 7.68. The van der Waals surface area contributed by atoms with E-state index in [4.69, 9.17) is 5.73 Å². The Bertz CT molecular complexity index is 873. The van der Waals surface area contributed by atoms with Crippen molar-refractivity contribution in [2.45, 2.75) is 77.2 Å². The smallest absolute Gasteiger partial charge is 0.239 e. The minimum Gasteiger partial charge on any atom is -0.342 e. The van der Waals surface area contributed by atoms with Gasteiger partial charge in [0.05, 0.1) is 5.41 Å². The van der Waals surface area contributed by atoms with Crippen LogP contribution in [0.1, 0.15) is 64.9 Å². The molecule has 5 heteroatoms. The molecule has 5 aliphatic rings. The van der Waals surface area contributed by atoms with Gasteiger partial charge in [-0.05, 0) is 65.7 Å². The third kappa shape index (κ3) is 2.94. The average molecular weight is 431 g/mol. The molecular formula is C26H36F2N2O. The molecule has 1 saturated heterocycles. The maximum Gasteiger partial charge on any atom is 0.239 e. The molecule has 3 nitrogen and oxygen atoms in total. The van der Waals surface area contributed by atoms with Crippen LogP contribution < -0.4 is 5.73 Å². The van der Waals surface area contributed by atoms with Crippen molar-refractivity contribution in [3.8, 4) is 0 Å². The van der Waals surface area contributed by atoms with Gasteiger partial charge in [0.2, 0.25) is 12.3 Å². The summed E-state index contributed by atoms with van der Waals surface area (Å²) in [7, 11) is 0. The molecule has 4 unspecified atom stereocenters. The van der Waals surface area contributed by atoms with Crippen LogP contribution in [0.15, 0.2) is 30.3 Å². The van der Waals surface area contributed by atoms with Crippen molar-refractivity contribution in [1.82, 2.24) is 4.90 Å². The number of amides is 1. The van der Waals surface area contributed by atoms with Gasteiger partial charge < -0.3 is 10.6 Å². The second-order valence-electron chi connectivity index (χ2n) is 12.1. The number of hydrogen-bond acceptors (Lipinski definition) is 2. The molecule has 2 N–H and O–H groups in total. The molecule has 5 fully saturated rings. The van der Waals surface area contributed by atoms with Crippen molar-refractivity contribution in [1.29, 1.82) is 0 Å². The Morgan fingerprint density at radius 2 is 1.87 bits per heavy atom. The molecule has 0 radical (unpaired) electrons. The fraction of sp³-hybridized carbons (Fsp3) is 0.731. The fourth-order valence-electron chi connectivity index (χ4n) is 8.30. The van der Waals surface area contributed by atoms with E-state index in [0.717, 1.165) is 32.1 Å². The van der Waals surface area contributed by atoms with Gasteiger partial charge in [0.15, 0.2) is 0 Å². The van der Waals surface area contributed by atoms with Crippen LogP contribution in [0.25, 0.3) is 0 Å². The Labute approximate surface area is 184 Å². The summed E-state index contributed by atoms with van der Waals surface area (Å²) in [6, 6.07) is 10.6. The third-order valence-corrected chi connectivity index (χ3v) is 9.90. The SMILES string of the molecule is CC1(C)CN(C(=O)C23CC4CC(c5ccccc5)(CC2[C@]4(C)CC(F)F)C3)CC[C@@H]1N. The maximum atomic E-state index is 14.2. The maximum absolute atomic E-state index is 14.2. The van der Waals surface area contributed by atoms with Gasteiger partial charge in [0.1, 0.15) is 0 Å². The number of rotatable bonds is 4. The van der Waals surface area contributed by atoms with E-state index >= 15 is 0 Å². The molecular weight excluding hydrogens is 394 g/mol. The summed E-state index contributed by atoms with van der Waals surface area (Å²) in [5, 5.41) is 0. The molecule has 0 spiro atoms. The minimum absolute atomic E-state index is 0.0270. The minimum atomic E-state index is -2.32. The molecule has 31 heavy (non-hydrogen) atoms. The van der Waals surface area contributed by atoms with E-state index in [-0.39, 0.29) is 41.0 Å². The van der Waals surface area contributed by atoms with Gasteiger partial charge in [-0.15, -0.1) is 0 Å². The van der Waals surface area contributed by atoms with Gasteiger partial charge in [0, 0.05) is 25.6 Å². The van der Waals surface area contributed by atoms with Crippen molar-refractivity contribution in [3.63, 3.8) is 0 Å². The summed E-state index contributed by atoms with van der Waals surface area (Å²) in [6.07, 6.45) is 1.78. The van der Waals surface area contributed by atoms with Crippen LogP contribution in [-0.4, -0.2) is 36.4 Å². The summed E-state index contributed by atoms with van der Waals surface area (Å²) < 4.78 is 27.4. The summed E-state index contributed by atoms with van der Waals surface area (Å²) in [4.78, 5) is 16.2. The average Bonchev–Trinajstić information content (AvgIpc) is 3.06. The van der Waals surface area contributed by atoms with Gasteiger partial charge >= 0.3 is 0 Å². The molecule has 170 valence electrons. The summed E-state index contributed by atoms with van der Waals surface area (Å²) >= 11 is 0. The molecule has 1 aliphatic heterocycles. The third-order valence-electron chi connectivity index (χ3n) is 9.90. The van der Waals surface area contributed by atoms with Crippen molar-refractivity contribution < 1.29 is 13.6 Å². The second-order valence-corrected chi connectivity index (χ2v) is 12.1. The van der Waals surface area contributed by atoms with Crippen LogP contribution >= 0.6 is 0 Å². The predicted molar refractivity (Wildman–Crippen MR) is 118 cm³/mol. The molecule has 4 saturated carbocycles. The standard InChI is InChI=1S/C26H36F2N2O/c1-23(2)16-30(10-9-20(23)29)22(31)26-12-18-11-25(15-26,17-7-5-4-6-8-17)13-19(26)24(18,3)14-21(27)28/h4-8,18-21H,9-16,29H2,1-3H3/t18?,19?,20-,24+,25?,26?/m0/s1. The van der Waals surface area contributed by atoms with E-state index in [1.807, 2.05) is 11.0 Å². The van der Waals surface area contributed by atoms with Gasteiger partial charge in [0.25, 0.3) is 0 Å². The van der Waals surface area contributed by atoms with E-state index in [1.165, 1.54) is 5.56 Å². The second kappa shape index (κ2) is 6.76. The highest BCUT2D eigenvalue weighted by Crippen LogP contribution is 2.77.